The third kappa shape index (κ3) is 1.23. The van der Waals surface area contributed by atoms with E-state index in [-0.39, 0.29) is 16.8 Å². The van der Waals surface area contributed by atoms with Crippen LogP contribution in [0.25, 0.3) is 0 Å². The van der Waals surface area contributed by atoms with E-state index in [1.54, 1.807) is 6.07 Å². The van der Waals surface area contributed by atoms with Crippen molar-refractivity contribution in [2.75, 3.05) is 5.73 Å². The Morgan fingerprint density at radius 2 is 1.89 bits per heavy atom. The lowest BCUT2D eigenvalue weighted by molar-refractivity contribution is -0.128. The van der Waals surface area contributed by atoms with Crippen molar-refractivity contribution in [1.82, 2.24) is 4.90 Å². The molecule has 0 bridgehead atoms. The second kappa shape index (κ2) is 3.17. The minimum atomic E-state index is -1.05. The van der Waals surface area contributed by atoms with Crippen LogP contribution in [0.3, 0.4) is 0 Å². The molecule has 1 aromatic rings. The van der Waals surface area contributed by atoms with Crippen molar-refractivity contribution >= 4 is 23.4 Å². The molecule has 0 radical (unpaired) electrons. The Labute approximate surface area is 103 Å². The number of amides is 3. The molecule has 0 saturated heterocycles. The Hall–Kier alpha value is -2.21. The fraction of sp³-hybridized carbons (Fsp3) is 0.250. The third-order valence-corrected chi connectivity index (χ3v) is 3.36. The van der Waals surface area contributed by atoms with Crippen LogP contribution in [-0.2, 0) is 4.79 Å². The summed E-state index contributed by atoms with van der Waals surface area (Å²) in [5, 5.41) is 0. The van der Waals surface area contributed by atoms with Gasteiger partial charge in [-0.1, -0.05) is 6.07 Å². The Morgan fingerprint density at radius 1 is 1.22 bits per heavy atom. The number of rotatable bonds is 1. The number of nitrogens with two attached hydrogens (primary N) is 2. The highest BCUT2D eigenvalue weighted by Crippen LogP contribution is 2.37. The van der Waals surface area contributed by atoms with Crippen LogP contribution >= 0.6 is 0 Å². The summed E-state index contributed by atoms with van der Waals surface area (Å²) in [6.07, 6.45) is 0.990. The Kier molecular flexibility index (Phi) is 1.92. The average molecular weight is 245 g/mol. The maximum atomic E-state index is 12.1. The van der Waals surface area contributed by atoms with E-state index < -0.39 is 23.3 Å². The predicted molar refractivity (Wildman–Crippen MR) is 62.5 cm³/mol. The highest BCUT2D eigenvalue weighted by molar-refractivity contribution is 6.31. The van der Waals surface area contributed by atoms with Crippen molar-refractivity contribution in [2.24, 2.45) is 5.73 Å². The molecule has 92 valence electrons. The van der Waals surface area contributed by atoms with Gasteiger partial charge in [-0.25, -0.2) is 4.90 Å². The Bertz CT molecular complexity index is 605. The molecule has 0 unspecified atom stereocenters. The van der Waals surface area contributed by atoms with Gasteiger partial charge in [0.2, 0.25) is 0 Å². The minimum Gasteiger partial charge on any atom is -0.398 e. The maximum Gasteiger partial charge on any atom is 0.270 e. The van der Waals surface area contributed by atoms with Crippen LogP contribution in [0.2, 0.25) is 0 Å². The summed E-state index contributed by atoms with van der Waals surface area (Å²) in [7, 11) is 0. The molecule has 18 heavy (non-hydrogen) atoms. The summed E-state index contributed by atoms with van der Waals surface area (Å²) in [6.45, 7) is 0. The van der Waals surface area contributed by atoms with Crippen LogP contribution < -0.4 is 11.5 Å². The van der Waals surface area contributed by atoms with Crippen molar-refractivity contribution in [3.63, 3.8) is 0 Å². The smallest absolute Gasteiger partial charge is 0.270 e. The quantitative estimate of drug-likeness (QED) is 0.530. The van der Waals surface area contributed by atoms with E-state index in [1.807, 2.05) is 0 Å². The van der Waals surface area contributed by atoms with Crippen LogP contribution in [0.1, 0.15) is 33.6 Å². The molecule has 1 saturated carbocycles. The second-order valence-electron chi connectivity index (χ2n) is 4.68. The van der Waals surface area contributed by atoms with Gasteiger partial charge in [-0.15, -0.1) is 0 Å². The van der Waals surface area contributed by atoms with E-state index in [0.29, 0.717) is 17.7 Å². The fourth-order valence-corrected chi connectivity index (χ4v) is 2.07. The summed E-state index contributed by atoms with van der Waals surface area (Å²) in [5.41, 5.74) is 10.8. The lowest BCUT2D eigenvalue weighted by Crippen LogP contribution is -2.48. The number of nitrogen functional groups attached to an aromatic ring is 1. The second-order valence-corrected chi connectivity index (χ2v) is 4.68. The van der Waals surface area contributed by atoms with Crippen LogP contribution in [0.4, 0.5) is 5.69 Å². The molecule has 0 aromatic heterocycles. The predicted octanol–water partition coefficient (Wildman–Crippen LogP) is -0.117. The first-order valence-electron chi connectivity index (χ1n) is 5.56. The summed E-state index contributed by atoms with van der Waals surface area (Å²) in [4.78, 5) is 36.8. The summed E-state index contributed by atoms with van der Waals surface area (Å²) >= 11 is 0. The van der Waals surface area contributed by atoms with Gasteiger partial charge in [-0.05, 0) is 25.0 Å². The molecule has 1 fully saturated rings. The van der Waals surface area contributed by atoms with E-state index in [1.165, 1.54) is 12.1 Å². The molecule has 1 aliphatic carbocycles. The largest absolute Gasteiger partial charge is 0.398 e. The van der Waals surface area contributed by atoms with E-state index in [2.05, 4.69) is 0 Å². The third-order valence-electron chi connectivity index (χ3n) is 3.36. The first kappa shape index (κ1) is 10.9. The number of fused-ring (bicyclic) bond motifs is 1. The molecule has 4 N–H and O–H groups in total. The van der Waals surface area contributed by atoms with E-state index in [0.717, 1.165) is 0 Å². The first-order valence-corrected chi connectivity index (χ1v) is 5.56. The average Bonchev–Trinajstić information content (AvgIpc) is 3.02. The van der Waals surface area contributed by atoms with E-state index in [4.69, 9.17) is 11.5 Å². The normalized spacial score (nSPS) is 19.9. The van der Waals surface area contributed by atoms with Crippen molar-refractivity contribution in [3.8, 4) is 0 Å². The first-order chi connectivity index (χ1) is 8.46. The number of carbonyl (C=O) groups excluding carboxylic acids is 3. The molecule has 3 rings (SSSR count). The van der Waals surface area contributed by atoms with Crippen LogP contribution in [0, 0.1) is 0 Å². The standard InChI is InChI=1S/C12H11N3O3/c13-7-3-1-2-6-8(7)10(17)15(9(6)16)11(18)12(14)4-5-12/h1-3H,4-5,13-14H2. The zero-order valence-corrected chi connectivity index (χ0v) is 9.47. The number of anilines is 1. The zero-order chi connectivity index (χ0) is 13.1. The molecule has 6 nitrogen and oxygen atoms in total. The number of imide groups is 3. The Morgan fingerprint density at radius 3 is 2.44 bits per heavy atom. The van der Waals surface area contributed by atoms with Crippen LogP contribution in [0.15, 0.2) is 18.2 Å². The lowest BCUT2D eigenvalue weighted by Gasteiger charge is -2.16. The SMILES string of the molecule is Nc1cccc2c1C(=O)N(C(=O)C1(N)CC1)C2=O. The van der Waals surface area contributed by atoms with Gasteiger partial charge in [0.1, 0.15) is 0 Å². The zero-order valence-electron chi connectivity index (χ0n) is 9.47. The highest BCUT2D eigenvalue weighted by atomic mass is 16.2. The number of hydrogen-bond acceptors (Lipinski definition) is 5. The number of nitrogens with zero attached hydrogens (tertiary/aromatic N) is 1. The molecular formula is C12H11N3O3. The van der Waals surface area contributed by atoms with Gasteiger partial charge in [0.15, 0.2) is 0 Å². The molecule has 0 spiro atoms. The molecule has 6 heteroatoms. The number of benzene rings is 1. The van der Waals surface area contributed by atoms with Crippen molar-refractivity contribution in [1.29, 1.82) is 0 Å². The molecule has 1 aliphatic heterocycles. The molecular weight excluding hydrogens is 234 g/mol. The van der Waals surface area contributed by atoms with Gasteiger partial charge in [0, 0.05) is 5.69 Å². The van der Waals surface area contributed by atoms with Crippen LogP contribution in [-0.4, -0.2) is 28.2 Å². The molecule has 0 atom stereocenters. The van der Waals surface area contributed by atoms with E-state index >= 15 is 0 Å². The van der Waals surface area contributed by atoms with Crippen molar-refractivity contribution in [3.05, 3.63) is 29.3 Å². The number of carbonyl (C=O) groups is 3. The number of hydrogen-bond donors (Lipinski definition) is 2. The van der Waals surface area contributed by atoms with Gasteiger partial charge in [0.25, 0.3) is 17.7 Å². The van der Waals surface area contributed by atoms with Crippen molar-refractivity contribution in [2.45, 2.75) is 18.4 Å². The van der Waals surface area contributed by atoms with Gasteiger partial charge < -0.3 is 11.5 Å². The van der Waals surface area contributed by atoms with Crippen molar-refractivity contribution < 1.29 is 14.4 Å². The van der Waals surface area contributed by atoms with Gasteiger partial charge >= 0.3 is 0 Å². The van der Waals surface area contributed by atoms with Gasteiger partial charge in [-0.2, -0.15) is 0 Å². The maximum absolute atomic E-state index is 12.1. The van der Waals surface area contributed by atoms with E-state index in [9.17, 15) is 14.4 Å². The highest BCUT2D eigenvalue weighted by Gasteiger charge is 2.54. The van der Waals surface area contributed by atoms with Crippen LogP contribution in [0.5, 0.6) is 0 Å². The minimum absolute atomic E-state index is 0.0973. The molecule has 3 amide bonds. The van der Waals surface area contributed by atoms with Gasteiger partial charge in [-0.3, -0.25) is 14.4 Å². The Balaban J connectivity index is 2.08. The lowest BCUT2D eigenvalue weighted by atomic mass is 10.1. The van der Waals surface area contributed by atoms with Gasteiger partial charge in [0.05, 0.1) is 16.7 Å². The molecule has 2 aliphatic rings. The topological polar surface area (TPSA) is 106 Å². The summed E-state index contributed by atoms with van der Waals surface area (Å²) in [5.74, 6) is -1.94. The molecule has 1 aromatic carbocycles. The summed E-state index contributed by atoms with van der Waals surface area (Å²) < 4.78 is 0. The molecule has 1 heterocycles. The summed E-state index contributed by atoms with van der Waals surface area (Å²) in [6, 6.07) is 4.57. The monoisotopic (exact) mass is 245 g/mol. The fourth-order valence-electron chi connectivity index (χ4n) is 2.07.